The van der Waals surface area contributed by atoms with Crippen molar-refractivity contribution in [3.8, 4) is 0 Å². The second-order valence-corrected chi connectivity index (χ2v) is 8.47. The summed E-state index contributed by atoms with van der Waals surface area (Å²) in [4.78, 5) is 17.4. The lowest BCUT2D eigenvalue weighted by atomic mass is 9.86. The number of furan rings is 1. The number of carbonyl (C=O) groups excluding carboxylic acids is 1. The van der Waals surface area contributed by atoms with Gasteiger partial charge in [0.15, 0.2) is 5.82 Å². The molecule has 28 heavy (non-hydrogen) atoms. The van der Waals surface area contributed by atoms with E-state index in [2.05, 4.69) is 34.5 Å². The fourth-order valence-electron chi connectivity index (χ4n) is 4.87. The SMILES string of the molecule is Cc1cc(C(=O)N2CCCC(c3nnnn3C3CCCC3)(N(C)C)C2)c(C)o1. The number of likely N-dealkylation sites (tertiary alicyclic amines) is 1. The average molecular weight is 387 g/mol. The van der Waals surface area contributed by atoms with Crippen LogP contribution in [0.4, 0.5) is 0 Å². The van der Waals surface area contributed by atoms with E-state index in [9.17, 15) is 4.79 Å². The minimum Gasteiger partial charge on any atom is -0.466 e. The minimum atomic E-state index is -0.382. The monoisotopic (exact) mass is 386 g/mol. The van der Waals surface area contributed by atoms with Gasteiger partial charge in [-0.15, -0.1) is 5.10 Å². The van der Waals surface area contributed by atoms with Gasteiger partial charge in [0, 0.05) is 13.1 Å². The summed E-state index contributed by atoms with van der Waals surface area (Å²) in [7, 11) is 4.13. The number of likely N-dealkylation sites (N-methyl/N-ethyl adjacent to an activating group) is 1. The molecule has 0 N–H and O–H groups in total. The van der Waals surface area contributed by atoms with E-state index in [0.29, 0.717) is 23.9 Å². The third-order valence-corrected chi connectivity index (χ3v) is 6.47. The molecule has 8 nitrogen and oxygen atoms in total. The van der Waals surface area contributed by atoms with Gasteiger partial charge >= 0.3 is 0 Å². The van der Waals surface area contributed by atoms with Crippen LogP contribution in [0.2, 0.25) is 0 Å². The van der Waals surface area contributed by atoms with Crippen molar-refractivity contribution in [3.05, 3.63) is 29.0 Å². The number of aryl methyl sites for hydroxylation is 2. The number of amides is 1. The molecule has 1 saturated heterocycles. The number of piperidine rings is 1. The first kappa shape index (κ1) is 19.1. The van der Waals surface area contributed by atoms with Crippen molar-refractivity contribution >= 4 is 5.91 Å². The zero-order chi connectivity index (χ0) is 19.9. The Morgan fingerprint density at radius 2 is 2.00 bits per heavy atom. The van der Waals surface area contributed by atoms with Gasteiger partial charge in [-0.2, -0.15) is 0 Å². The lowest BCUT2D eigenvalue weighted by molar-refractivity contribution is 0.0249. The highest BCUT2D eigenvalue weighted by molar-refractivity contribution is 5.95. The highest BCUT2D eigenvalue weighted by Crippen LogP contribution is 2.38. The Balaban J connectivity index is 1.67. The van der Waals surface area contributed by atoms with Gasteiger partial charge in [0.2, 0.25) is 0 Å². The van der Waals surface area contributed by atoms with Gasteiger partial charge in [0.25, 0.3) is 5.91 Å². The van der Waals surface area contributed by atoms with Crippen molar-refractivity contribution in [2.45, 2.75) is 64.0 Å². The topological polar surface area (TPSA) is 80.3 Å². The molecular weight excluding hydrogens is 356 g/mol. The molecule has 152 valence electrons. The van der Waals surface area contributed by atoms with E-state index in [1.165, 1.54) is 12.8 Å². The van der Waals surface area contributed by atoms with Crippen LogP contribution in [0, 0.1) is 13.8 Å². The van der Waals surface area contributed by atoms with Gasteiger partial charge in [0.1, 0.15) is 17.1 Å². The van der Waals surface area contributed by atoms with Crippen molar-refractivity contribution in [3.63, 3.8) is 0 Å². The lowest BCUT2D eigenvalue weighted by Gasteiger charge is -2.46. The van der Waals surface area contributed by atoms with Crippen LogP contribution in [0.25, 0.3) is 0 Å². The van der Waals surface area contributed by atoms with Gasteiger partial charge in [-0.3, -0.25) is 9.69 Å². The summed E-state index contributed by atoms with van der Waals surface area (Å²) in [5.41, 5.74) is 0.273. The van der Waals surface area contributed by atoms with Crippen molar-refractivity contribution in [1.29, 1.82) is 0 Å². The minimum absolute atomic E-state index is 0.0279. The number of hydrogen-bond acceptors (Lipinski definition) is 6. The van der Waals surface area contributed by atoms with Crippen molar-refractivity contribution < 1.29 is 9.21 Å². The Morgan fingerprint density at radius 1 is 1.25 bits per heavy atom. The first-order valence-corrected chi connectivity index (χ1v) is 10.2. The van der Waals surface area contributed by atoms with Gasteiger partial charge < -0.3 is 9.32 Å². The summed E-state index contributed by atoms with van der Waals surface area (Å²) in [5, 5.41) is 12.9. The van der Waals surface area contributed by atoms with Crippen LogP contribution in [0.15, 0.2) is 10.5 Å². The normalized spacial score (nSPS) is 23.7. The molecule has 1 saturated carbocycles. The molecule has 3 heterocycles. The molecule has 2 aliphatic rings. The van der Waals surface area contributed by atoms with Crippen molar-refractivity contribution in [2.75, 3.05) is 27.2 Å². The second kappa shape index (κ2) is 7.31. The second-order valence-electron chi connectivity index (χ2n) is 8.47. The van der Waals surface area contributed by atoms with Gasteiger partial charge in [-0.1, -0.05) is 12.8 Å². The van der Waals surface area contributed by atoms with Gasteiger partial charge in [0.05, 0.1) is 11.6 Å². The Hall–Kier alpha value is -2.22. The van der Waals surface area contributed by atoms with Crippen molar-refractivity contribution in [1.82, 2.24) is 30.0 Å². The molecular formula is C20H30N6O2. The van der Waals surface area contributed by atoms with Crippen LogP contribution >= 0.6 is 0 Å². The summed E-state index contributed by atoms with van der Waals surface area (Å²) in [6.07, 6.45) is 6.54. The van der Waals surface area contributed by atoms with Crippen LogP contribution in [-0.2, 0) is 5.54 Å². The van der Waals surface area contributed by atoms with E-state index in [1.54, 1.807) is 0 Å². The van der Waals surface area contributed by atoms with Crippen LogP contribution < -0.4 is 0 Å². The molecule has 1 aliphatic carbocycles. The zero-order valence-electron chi connectivity index (χ0n) is 17.3. The number of tetrazole rings is 1. The predicted molar refractivity (Wildman–Crippen MR) is 104 cm³/mol. The predicted octanol–water partition coefficient (Wildman–Crippen LogP) is 2.69. The maximum absolute atomic E-state index is 13.2. The molecule has 0 spiro atoms. The van der Waals surface area contributed by atoms with E-state index in [-0.39, 0.29) is 11.4 Å². The third-order valence-electron chi connectivity index (χ3n) is 6.47. The maximum Gasteiger partial charge on any atom is 0.257 e. The highest BCUT2D eigenvalue weighted by Gasteiger charge is 2.46. The summed E-state index contributed by atoms with van der Waals surface area (Å²) in [6, 6.07) is 2.21. The number of hydrogen-bond donors (Lipinski definition) is 0. The summed E-state index contributed by atoms with van der Waals surface area (Å²) in [6.45, 7) is 5.04. The Kier molecular flexibility index (Phi) is 4.99. The average Bonchev–Trinajstić information content (AvgIpc) is 3.41. The highest BCUT2D eigenvalue weighted by atomic mass is 16.3. The van der Waals surface area contributed by atoms with E-state index in [4.69, 9.17) is 4.42 Å². The number of nitrogens with zero attached hydrogens (tertiary/aromatic N) is 6. The number of aromatic nitrogens is 4. The Bertz CT molecular complexity index is 851. The molecule has 1 amide bonds. The van der Waals surface area contributed by atoms with Crippen LogP contribution in [-0.4, -0.2) is 63.1 Å². The molecule has 8 heteroatoms. The van der Waals surface area contributed by atoms with E-state index >= 15 is 0 Å². The first-order valence-electron chi connectivity index (χ1n) is 10.2. The summed E-state index contributed by atoms with van der Waals surface area (Å²) >= 11 is 0. The fraction of sp³-hybridized carbons (Fsp3) is 0.700. The Labute approximate surface area is 165 Å². The Morgan fingerprint density at radius 3 is 2.64 bits per heavy atom. The molecule has 0 aromatic carbocycles. The largest absolute Gasteiger partial charge is 0.466 e. The number of rotatable bonds is 4. The van der Waals surface area contributed by atoms with Crippen LogP contribution in [0.3, 0.4) is 0 Å². The molecule has 0 radical (unpaired) electrons. The zero-order valence-corrected chi connectivity index (χ0v) is 17.3. The van der Waals surface area contributed by atoms with E-state index < -0.39 is 0 Å². The van der Waals surface area contributed by atoms with E-state index in [1.807, 2.05) is 29.5 Å². The van der Waals surface area contributed by atoms with Gasteiger partial charge in [-0.25, -0.2) is 4.68 Å². The molecule has 0 bridgehead atoms. The molecule has 2 aromatic heterocycles. The lowest BCUT2D eigenvalue weighted by Crippen LogP contribution is -2.56. The smallest absolute Gasteiger partial charge is 0.257 e. The quantitative estimate of drug-likeness (QED) is 0.804. The molecule has 1 atom stereocenters. The third kappa shape index (κ3) is 3.13. The van der Waals surface area contributed by atoms with Crippen LogP contribution in [0.5, 0.6) is 0 Å². The van der Waals surface area contributed by atoms with Crippen LogP contribution in [0.1, 0.15) is 72.3 Å². The fourth-order valence-corrected chi connectivity index (χ4v) is 4.87. The van der Waals surface area contributed by atoms with Crippen molar-refractivity contribution in [2.24, 2.45) is 0 Å². The number of carbonyl (C=O) groups is 1. The van der Waals surface area contributed by atoms with E-state index in [0.717, 1.165) is 43.8 Å². The summed E-state index contributed by atoms with van der Waals surface area (Å²) in [5.74, 6) is 2.36. The molecule has 4 rings (SSSR count). The first-order chi connectivity index (χ1) is 13.4. The maximum atomic E-state index is 13.2. The molecule has 1 unspecified atom stereocenters. The summed E-state index contributed by atoms with van der Waals surface area (Å²) < 4.78 is 7.63. The molecule has 2 aromatic rings. The van der Waals surface area contributed by atoms with Gasteiger partial charge in [-0.05, 0) is 70.1 Å². The molecule has 2 fully saturated rings. The molecule has 1 aliphatic heterocycles. The standard InChI is InChI=1S/C20H30N6O2/c1-14-12-17(15(2)28-14)18(27)25-11-7-10-20(13-25,24(3)4)19-21-22-23-26(19)16-8-5-6-9-16/h12,16H,5-11,13H2,1-4H3.